The molecule has 0 radical (unpaired) electrons. The Morgan fingerprint density at radius 2 is 1.30 bits per heavy atom. The van der Waals surface area contributed by atoms with Gasteiger partial charge in [0.05, 0.1) is 11.8 Å². The van der Waals surface area contributed by atoms with Crippen molar-refractivity contribution in [2.75, 3.05) is 13.2 Å². The molecule has 4 saturated carbocycles. The quantitative estimate of drug-likeness (QED) is 0.214. The van der Waals surface area contributed by atoms with Crippen molar-refractivity contribution < 1.29 is 75.5 Å². The lowest BCUT2D eigenvalue weighted by atomic mass is 9.88. The zero-order valence-corrected chi connectivity index (χ0v) is 23.5. The molecular formula is C28H30F2O14. The van der Waals surface area contributed by atoms with Gasteiger partial charge < -0.3 is 33.2 Å². The molecule has 4 aliphatic carbocycles. The van der Waals surface area contributed by atoms with Crippen molar-refractivity contribution in [3.05, 3.63) is 0 Å². The van der Waals surface area contributed by atoms with E-state index in [9.17, 15) is 42.3 Å². The second kappa shape index (κ2) is 11.3. The molecule has 0 aromatic carbocycles. The first-order valence-corrected chi connectivity index (χ1v) is 14.5. The Morgan fingerprint density at radius 3 is 1.80 bits per heavy atom. The van der Waals surface area contributed by atoms with E-state index in [0.29, 0.717) is 25.7 Å². The van der Waals surface area contributed by atoms with Crippen molar-refractivity contribution in [3.8, 4) is 0 Å². The normalized spacial score (nSPS) is 36.0. The molecule has 6 fully saturated rings. The van der Waals surface area contributed by atoms with E-state index < -0.39 is 92.3 Å². The van der Waals surface area contributed by atoms with Crippen LogP contribution in [0.15, 0.2) is 0 Å². The van der Waals surface area contributed by atoms with Crippen molar-refractivity contribution in [3.63, 3.8) is 0 Å². The topological polar surface area (TPSA) is 184 Å². The number of hydrogen-bond donors (Lipinski definition) is 0. The molecule has 0 aromatic rings. The highest BCUT2D eigenvalue weighted by molar-refractivity contribution is 5.85. The maximum absolute atomic E-state index is 13.5. The van der Waals surface area contributed by atoms with E-state index in [1.165, 1.54) is 0 Å². The monoisotopic (exact) mass is 628 g/mol. The van der Waals surface area contributed by atoms with Gasteiger partial charge in [-0.1, -0.05) is 0 Å². The molecule has 0 spiro atoms. The molecule has 0 N–H and O–H groups in total. The highest BCUT2D eigenvalue weighted by Gasteiger charge is 2.64. The lowest BCUT2D eigenvalue weighted by Crippen LogP contribution is -2.39. The van der Waals surface area contributed by atoms with Gasteiger partial charge in [0.25, 0.3) is 0 Å². The fraction of sp³-hybridized carbons (Fsp3) is 0.750. The molecule has 11 atom stereocenters. The van der Waals surface area contributed by atoms with Crippen LogP contribution in [0.4, 0.5) is 8.78 Å². The lowest BCUT2D eigenvalue weighted by Gasteiger charge is -2.25. The van der Waals surface area contributed by atoms with Gasteiger partial charge in [0.2, 0.25) is 0 Å². The standard InChI is InChI=1S/C28H30F2O14/c1-28(29,30)27(37)40-16(26(36)39-9-19(33)42-21-11-5-13-15(7-11)25(35)44-23(13)21)2-3-17(31)38-8-18(32)41-20-10-4-12-14(6-10)24(34)43-22(12)20/h10-16,20-23H,2-9H2,1H3. The predicted molar refractivity (Wildman–Crippen MR) is 131 cm³/mol. The maximum atomic E-state index is 13.5. The Bertz CT molecular complexity index is 1280. The van der Waals surface area contributed by atoms with Crippen LogP contribution in [0.2, 0.25) is 0 Å². The van der Waals surface area contributed by atoms with Gasteiger partial charge in [0.15, 0.2) is 19.3 Å². The van der Waals surface area contributed by atoms with E-state index in [-0.39, 0.29) is 54.4 Å². The van der Waals surface area contributed by atoms with Gasteiger partial charge in [-0.15, -0.1) is 0 Å². The number of ether oxygens (including phenoxy) is 7. The third kappa shape index (κ3) is 5.58. The number of fused-ring (bicyclic) bond motifs is 2. The van der Waals surface area contributed by atoms with Crippen LogP contribution in [0, 0.1) is 35.5 Å². The molecule has 2 aliphatic heterocycles. The van der Waals surface area contributed by atoms with E-state index in [2.05, 4.69) is 4.74 Å². The molecule has 6 aliphatic rings. The number of carbonyl (C=O) groups excluding carboxylic acids is 7. The van der Waals surface area contributed by atoms with Gasteiger partial charge in [-0.2, -0.15) is 8.78 Å². The van der Waals surface area contributed by atoms with Crippen molar-refractivity contribution in [2.45, 2.75) is 81.9 Å². The summed E-state index contributed by atoms with van der Waals surface area (Å²) in [5.74, 6) is -11.5. The molecule has 6 rings (SSSR count). The van der Waals surface area contributed by atoms with Gasteiger partial charge in [0.1, 0.15) is 24.4 Å². The Morgan fingerprint density at radius 1 is 0.795 bits per heavy atom. The number of hydrogen-bond acceptors (Lipinski definition) is 14. The first kappa shape index (κ1) is 30.2. The summed E-state index contributed by atoms with van der Waals surface area (Å²) in [5, 5.41) is 0. The second-order valence-electron chi connectivity index (χ2n) is 12.3. The third-order valence-electron chi connectivity index (χ3n) is 9.53. The molecule has 14 nitrogen and oxygen atoms in total. The van der Waals surface area contributed by atoms with Gasteiger partial charge in [0, 0.05) is 43.4 Å². The number of carbonyl (C=O) groups is 7. The summed E-state index contributed by atoms with van der Waals surface area (Å²) >= 11 is 0. The molecule has 2 heterocycles. The summed E-state index contributed by atoms with van der Waals surface area (Å²) in [7, 11) is 0. The average molecular weight is 629 g/mol. The lowest BCUT2D eigenvalue weighted by molar-refractivity contribution is -0.187. The summed E-state index contributed by atoms with van der Waals surface area (Å²) in [6, 6.07) is 0. The van der Waals surface area contributed by atoms with Crippen molar-refractivity contribution in [1.29, 1.82) is 0 Å². The van der Waals surface area contributed by atoms with Gasteiger partial charge in [-0.3, -0.25) is 14.4 Å². The first-order valence-electron chi connectivity index (χ1n) is 14.5. The van der Waals surface area contributed by atoms with Crippen molar-refractivity contribution in [2.24, 2.45) is 35.5 Å². The average Bonchev–Trinajstić information content (AvgIpc) is 3.77. The van der Waals surface area contributed by atoms with Crippen LogP contribution in [0.1, 0.15) is 45.4 Å². The first-order chi connectivity index (χ1) is 20.8. The summed E-state index contributed by atoms with van der Waals surface area (Å²) in [5.41, 5.74) is 0. The predicted octanol–water partition coefficient (Wildman–Crippen LogP) is 0.406. The summed E-state index contributed by atoms with van der Waals surface area (Å²) in [6.45, 7) is -1.51. The number of alkyl halides is 2. The smallest absolute Gasteiger partial charge is 0.377 e. The molecule has 16 heteroatoms. The molecule has 44 heavy (non-hydrogen) atoms. The van der Waals surface area contributed by atoms with E-state index in [0.717, 1.165) is 0 Å². The Hall–Kier alpha value is -3.85. The van der Waals surface area contributed by atoms with E-state index in [4.69, 9.17) is 28.4 Å². The van der Waals surface area contributed by atoms with Crippen molar-refractivity contribution >= 4 is 41.8 Å². The van der Waals surface area contributed by atoms with E-state index >= 15 is 0 Å². The summed E-state index contributed by atoms with van der Waals surface area (Å²) < 4.78 is 62.5. The Balaban J connectivity index is 0.955. The van der Waals surface area contributed by atoms with Crippen LogP contribution >= 0.6 is 0 Å². The highest BCUT2D eigenvalue weighted by atomic mass is 19.3. The molecule has 0 aromatic heterocycles. The Labute approximate surface area is 248 Å². The maximum Gasteiger partial charge on any atom is 0.377 e. The second-order valence-corrected chi connectivity index (χ2v) is 12.3. The van der Waals surface area contributed by atoms with Gasteiger partial charge in [-0.25, -0.2) is 19.2 Å². The molecule has 11 unspecified atom stereocenters. The van der Waals surface area contributed by atoms with Crippen LogP contribution in [-0.2, 0) is 66.7 Å². The Kier molecular flexibility index (Phi) is 7.72. The van der Waals surface area contributed by atoms with E-state index in [1.807, 2.05) is 0 Å². The van der Waals surface area contributed by atoms with Crippen LogP contribution < -0.4 is 0 Å². The molecule has 240 valence electrons. The fourth-order valence-electron chi connectivity index (χ4n) is 7.64. The summed E-state index contributed by atoms with van der Waals surface area (Å²) in [6.07, 6.45) is -3.34. The van der Waals surface area contributed by atoms with Crippen LogP contribution in [0.5, 0.6) is 0 Å². The fourth-order valence-corrected chi connectivity index (χ4v) is 7.64. The van der Waals surface area contributed by atoms with E-state index in [1.54, 1.807) is 0 Å². The summed E-state index contributed by atoms with van der Waals surface area (Å²) in [4.78, 5) is 85.0. The number of rotatable bonds is 12. The van der Waals surface area contributed by atoms with Crippen molar-refractivity contribution in [1.82, 2.24) is 0 Å². The highest BCUT2D eigenvalue weighted by Crippen LogP contribution is 2.56. The number of esters is 7. The molecule has 4 bridgehead atoms. The largest absolute Gasteiger partial charge is 0.458 e. The van der Waals surface area contributed by atoms with Crippen LogP contribution in [-0.4, -0.2) is 91.4 Å². The van der Waals surface area contributed by atoms with Gasteiger partial charge in [-0.05, 0) is 25.7 Å². The third-order valence-corrected chi connectivity index (χ3v) is 9.53. The molecular weight excluding hydrogens is 598 g/mol. The van der Waals surface area contributed by atoms with Gasteiger partial charge >= 0.3 is 47.7 Å². The molecule has 2 saturated heterocycles. The van der Waals surface area contributed by atoms with Crippen LogP contribution in [0.25, 0.3) is 0 Å². The minimum absolute atomic E-state index is 0.00262. The minimum atomic E-state index is -3.98. The minimum Gasteiger partial charge on any atom is -0.458 e. The SMILES string of the molecule is CC(F)(F)C(=O)OC(CCC(=O)OCC(=O)OC1C2CC3C(=O)OC1C3C2)C(=O)OCC(=O)OC1C2CC3C(=O)OC1C3C2. The molecule has 0 amide bonds. The zero-order valence-electron chi connectivity index (χ0n) is 23.5. The van der Waals surface area contributed by atoms with Crippen LogP contribution in [0.3, 0.4) is 0 Å². The number of halogens is 2. The zero-order chi connectivity index (χ0) is 31.5.